The zero-order chi connectivity index (χ0) is 13.9. The number of alkyl halides is 6. The van der Waals surface area contributed by atoms with E-state index in [0.717, 1.165) is 7.11 Å². The van der Waals surface area contributed by atoms with Gasteiger partial charge in [0.25, 0.3) is 0 Å². The third-order valence-corrected chi connectivity index (χ3v) is 6.44. The minimum atomic E-state index is -3.30. The molecule has 0 aromatic heterocycles. The molecule has 0 aliphatic heterocycles. The van der Waals surface area contributed by atoms with Gasteiger partial charge in [-0.15, -0.1) is 0 Å². The van der Waals surface area contributed by atoms with Crippen molar-refractivity contribution in [2.24, 2.45) is 0 Å². The summed E-state index contributed by atoms with van der Waals surface area (Å²) < 4.78 is 13.2. The molecule has 0 atom stereocenters. The van der Waals surface area contributed by atoms with E-state index < -0.39 is 26.9 Å². The number of rotatable bonds is 4. The van der Waals surface area contributed by atoms with Crippen LogP contribution in [0, 0.1) is 0 Å². The van der Waals surface area contributed by atoms with Crippen LogP contribution in [0.5, 0.6) is 0 Å². The SMILES string of the molecule is COC(=O)CP(=O)(CC(Cl)(Cl)Cl)CC(Cl)(Cl)Cl. The number of halogens is 6. The molecule has 0 amide bonds. The molecule has 0 heterocycles. The summed E-state index contributed by atoms with van der Waals surface area (Å²) >= 11 is 33.3. The fraction of sp³-hybridized carbons (Fsp3) is 0.857. The zero-order valence-electron chi connectivity index (χ0n) is 8.56. The van der Waals surface area contributed by atoms with Gasteiger partial charge in [0.15, 0.2) is 7.59 Å². The molecule has 0 aromatic carbocycles. The quantitative estimate of drug-likeness (QED) is 0.413. The van der Waals surface area contributed by atoms with E-state index in [1.54, 1.807) is 0 Å². The summed E-state index contributed by atoms with van der Waals surface area (Å²) in [4.78, 5) is 11.1. The Kier molecular flexibility index (Phi) is 7.31. The van der Waals surface area contributed by atoms with E-state index in [-0.39, 0.29) is 12.3 Å². The lowest BCUT2D eigenvalue weighted by Crippen LogP contribution is -2.23. The summed E-state index contributed by atoms with van der Waals surface area (Å²) in [5, 5.41) is 0. The molecule has 3 nitrogen and oxygen atoms in total. The Morgan fingerprint density at radius 1 is 1.06 bits per heavy atom. The number of methoxy groups -OCH3 is 1. The summed E-state index contributed by atoms with van der Waals surface area (Å²) in [6, 6.07) is 0. The molecule has 102 valence electrons. The Balaban J connectivity index is 4.95. The van der Waals surface area contributed by atoms with Crippen molar-refractivity contribution < 1.29 is 14.1 Å². The minimum Gasteiger partial charge on any atom is -0.469 e. The molecular weight excluding hydrogens is 376 g/mol. The van der Waals surface area contributed by atoms with Crippen molar-refractivity contribution in [3.8, 4) is 0 Å². The van der Waals surface area contributed by atoms with Crippen LogP contribution in [0.2, 0.25) is 0 Å². The smallest absolute Gasteiger partial charge is 0.312 e. The van der Waals surface area contributed by atoms with Crippen LogP contribution in [-0.4, -0.2) is 39.1 Å². The van der Waals surface area contributed by atoms with Gasteiger partial charge >= 0.3 is 5.97 Å². The summed E-state index contributed by atoms with van der Waals surface area (Å²) in [6.07, 6.45) is -1.17. The maximum Gasteiger partial charge on any atom is 0.312 e. The second kappa shape index (κ2) is 6.74. The Morgan fingerprint density at radius 3 is 1.65 bits per heavy atom. The highest BCUT2D eigenvalue weighted by atomic mass is 35.6. The van der Waals surface area contributed by atoms with Gasteiger partial charge in [0.1, 0.15) is 7.14 Å². The molecule has 0 aliphatic carbocycles. The predicted molar refractivity (Wildman–Crippen MR) is 74.8 cm³/mol. The molecule has 0 saturated carbocycles. The highest BCUT2D eigenvalue weighted by molar-refractivity contribution is 7.65. The molecule has 0 radical (unpaired) electrons. The predicted octanol–water partition coefficient (Wildman–Crippen LogP) is 4.26. The minimum absolute atomic E-state index is 0.367. The Hall–Kier alpha value is 1.44. The maximum absolute atomic E-state index is 12.4. The summed E-state index contributed by atoms with van der Waals surface area (Å²) in [7, 11) is -2.15. The monoisotopic (exact) mass is 382 g/mol. The molecule has 0 aliphatic rings. The van der Waals surface area contributed by atoms with Gasteiger partial charge < -0.3 is 9.30 Å². The van der Waals surface area contributed by atoms with Gasteiger partial charge in [0.05, 0.1) is 13.3 Å². The van der Waals surface area contributed by atoms with Crippen molar-refractivity contribution in [3.05, 3.63) is 0 Å². The number of carbonyl (C=O) groups excluding carboxylic acids is 1. The third kappa shape index (κ3) is 9.95. The van der Waals surface area contributed by atoms with E-state index in [4.69, 9.17) is 69.6 Å². The van der Waals surface area contributed by atoms with Gasteiger partial charge in [-0.3, -0.25) is 4.79 Å². The van der Waals surface area contributed by atoms with Crippen molar-refractivity contribution in [1.29, 1.82) is 0 Å². The first-order chi connectivity index (χ1) is 7.37. The summed E-state index contributed by atoms with van der Waals surface area (Å²) in [5.41, 5.74) is 0. The van der Waals surface area contributed by atoms with Crippen molar-refractivity contribution >= 4 is 82.7 Å². The number of hydrogen-bond acceptors (Lipinski definition) is 3. The Morgan fingerprint density at radius 2 is 1.41 bits per heavy atom. The normalized spacial score (nSPS) is 13.6. The van der Waals surface area contributed by atoms with E-state index in [0.29, 0.717) is 0 Å². The molecule has 0 bridgehead atoms. The first-order valence-corrected chi connectivity index (χ1v) is 8.67. The van der Waals surface area contributed by atoms with Gasteiger partial charge in [-0.25, -0.2) is 0 Å². The highest BCUT2D eigenvalue weighted by Gasteiger charge is 2.41. The lowest BCUT2D eigenvalue weighted by Gasteiger charge is -2.24. The molecule has 0 N–H and O–H groups in total. The van der Waals surface area contributed by atoms with Gasteiger partial charge in [0.2, 0.25) is 0 Å². The Bertz CT molecular complexity index is 301. The largest absolute Gasteiger partial charge is 0.469 e. The molecule has 0 rings (SSSR count). The van der Waals surface area contributed by atoms with Crippen LogP contribution in [0.1, 0.15) is 0 Å². The van der Waals surface area contributed by atoms with E-state index >= 15 is 0 Å². The second-order valence-corrected chi connectivity index (χ2v) is 11.4. The lowest BCUT2D eigenvalue weighted by molar-refractivity contribution is -0.137. The topological polar surface area (TPSA) is 43.4 Å². The van der Waals surface area contributed by atoms with Crippen LogP contribution < -0.4 is 0 Å². The first-order valence-electron chi connectivity index (χ1n) is 4.14. The molecule has 10 heteroatoms. The summed E-state index contributed by atoms with van der Waals surface area (Å²) in [5.74, 6) is -0.711. The fourth-order valence-electron chi connectivity index (χ4n) is 1.12. The summed E-state index contributed by atoms with van der Waals surface area (Å²) in [6.45, 7) is 0. The van der Waals surface area contributed by atoms with Crippen LogP contribution in [0.15, 0.2) is 0 Å². The maximum atomic E-state index is 12.4. The zero-order valence-corrected chi connectivity index (χ0v) is 14.0. The molecule has 0 unspecified atom stereocenters. The van der Waals surface area contributed by atoms with Crippen molar-refractivity contribution in [2.75, 3.05) is 25.6 Å². The van der Waals surface area contributed by atoms with E-state index in [1.807, 2.05) is 0 Å². The Labute approximate surface area is 129 Å². The van der Waals surface area contributed by atoms with E-state index in [9.17, 15) is 9.36 Å². The second-order valence-electron chi connectivity index (χ2n) is 3.34. The first kappa shape index (κ1) is 18.4. The highest BCUT2D eigenvalue weighted by Crippen LogP contribution is 2.56. The van der Waals surface area contributed by atoms with Gasteiger partial charge in [-0.2, -0.15) is 0 Å². The van der Waals surface area contributed by atoms with Crippen LogP contribution in [-0.2, 0) is 14.1 Å². The number of esters is 1. The number of carbonyl (C=O) groups is 1. The average Bonchev–Trinajstić information content (AvgIpc) is 1.94. The standard InChI is InChI=1S/C7H9Cl6O3P/c1-16-5(14)2-17(15,3-6(8,9)10)4-7(11,12)13/h2-4H2,1H3. The van der Waals surface area contributed by atoms with Crippen LogP contribution in [0.3, 0.4) is 0 Å². The van der Waals surface area contributed by atoms with E-state index in [2.05, 4.69) is 4.74 Å². The van der Waals surface area contributed by atoms with Crippen molar-refractivity contribution in [3.63, 3.8) is 0 Å². The molecule has 0 saturated heterocycles. The third-order valence-electron chi connectivity index (χ3n) is 1.58. The van der Waals surface area contributed by atoms with Gasteiger partial charge in [0, 0.05) is 12.3 Å². The lowest BCUT2D eigenvalue weighted by atomic mass is 10.8. The molecular formula is C7H9Cl6O3P. The fourth-order valence-corrected chi connectivity index (χ4v) is 7.28. The number of hydrogen-bond donors (Lipinski definition) is 0. The van der Waals surface area contributed by atoms with Crippen molar-refractivity contribution in [2.45, 2.75) is 7.59 Å². The average molecular weight is 385 g/mol. The molecule has 0 aromatic rings. The molecule has 17 heavy (non-hydrogen) atoms. The van der Waals surface area contributed by atoms with Crippen LogP contribution >= 0.6 is 76.7 Å². The van der Waals surface area contributed by atoms with Crippen molar-refractivity contribution in [1.82, 2.24) is 0 Å². The van der Waals surface area contributed by atoms with E-state index in [1.165, 1.54) is 0 Å². The molecule has 0 spiro atoms. The van der Waals surface area contributed by atoms with Crippen LogP contribution in [0.25, 0.3) is 0 Å². The van der Waals surface area contributed by atoms with Gasteiger partial charge in [-0.1, -0.05) is 69.6 Å². The van der Waals surface area contributed by atoms with Gasteiger partial charge in [-0.05, 0) is 0 Å². The van der Waals surface area contributed by atoms with Crippen LogP contribution in [0.4, 0.5) is 0 Å². The molecule has 0 fully saturated rings. The number of ether oxygens (including phenoxy) is 1.